The summed E-state index contributed by atoms with van der Waals surface area (Å²) in [4.78, 5) is 22.2. The molecule has 3 N–H and O–H groups in total. The number of hydrogen-bond donors (Lipinski definition) is 2. The van der Waals surface area contributed by atoms with Gasteiger partial charge in [-0.2, -0.15) is 4.98 Å². The van der Waals surface area contributed by atoms with Gasteiger partial charge in [-0.15, -0.1) is 0 Å². The maximum atomic E-state index is 11.7. The number of aromatic amines is 1. The van der Waals surface area contributed by atoms with Crippen LogP contribution < -0.4 is 11.3 Å². The Bertz CT molecular complexity index is 620. The number of nitrogens with two attached hydrogens (primary N) is 1. The number of nitrogens with zero attached hydrogens (tertiary/aromatic N) is 3. The van der Waals surface area contributed by atoms with Gasteiger partial charge in [0.15, 0.2) is 11.2 Å². The van der Waals surface area contributed by atoms with Crippen molar-refractivity contribution in [1.82, 2.24) is 19.5 Å². The van der Waals surface area contributed by atoms with E-state index in [1.165, 1.54) is 6.33 Å². The summed E-state index contributed by atoms with van der Waals surface area (Å²) in [7, 11) is 3.21. The van der Waals surface area contributed by atoms with Gasteiger partial charge in [0.1, 0.15) is 6.23 Å². The average molecular weight is 267 g/mol. The van der Waals surface area contributed by atoms with Crippen molar-refractivity contribution in [3.63, 3.8) is 0 Å². The molecular weight excluding hydrogens is 250 g/mol. The third-order valence-electron chi connectivity index (χ3n) is 2.97. The molecule has 0 saturated carbocycles. The van der Waals surface area contributed by atoms with E-state index < -0.39 is 0 Å². The lowest BCUT2D eigenvalue weighted by molar-refractivity contribution is -0.00711. The fourth-order valence-electron chi connectivity index (χ4n) is 1.86. The van der Waals surface area contributed by atoms with Gasteiger partial charge in [-0.25, -0.2) is 4.98 Å². The SMILES string of the molecule is CO[C@H](C)C[C@@H](OC)n1cnc2c(=O)[nH]c(N)nc21. The number of fused-ring (bicyclic) bond motifs is 1. The van der Waals surface area contributed by atoms with Crippen molar-refractivity contribution in [2.45, 2.75) is 25.7 Å². The van der Waals surface area contributed by atoms with Crippen LogP contribution in [-0.4, -0.2) is 39.8 Å². The van der Waals surface area contributed by atoms with Crippen LogP contribution in [0.5, 0.6) is 0 Å². The Morgan fingerprint density at radius 2 is 2.21 bits per heavy atom. The molecule has 0 spiro atoms. The highest BCUT2D eigenvalue weighted by Gasteiger charge is 2.19. The standard InChI is InChI=1S/C11H17N5O3/c1-6(18-2)4-7(19-3)16-5-13-8-9(16)14-11(12)15-10(8)17/h5-7H,4H2,1-3H3,(H3,12,14,15,17)/t6-,7-/m1/s1. The maximum absolute atomic E-state index is 11.7. The van der Waals surface area contributed by atoms with Gasteiger partial charge < -0.3 is 15.2 Å². The van der Waals surface area contributed by atoms with E-state index in [2.05, 4.69) is 15.0 Å². The Balaban J connectivity index is 2.46. The van der Waals surface area contributed by atoms with Crippen LogP contribution in [0.3, 0.4) is 0 Å². The summed E-state index contributed by atoms with van der Waals surface area (Å²) in [6.07, 6.45) is 1.80. The molecule has 0 bridgehead atoms. The summed E-state index contributed by atoms with van der Waals surface area (Å²) in [5.41, 5.74) is 5.82. The molecule has 2 atom stereocenters. The minimum absolute atomic E-state index is 0.00161. The Hall–Kier alpha value is -1.93. The first-order valence-corrected chi connectivity index (χ1v) is 5.84. The number of nitrogen functional groups attached to an aromatic ring is 1. The molecule has 2 aromatic rings. The van der Waals surface area contributed by atoms with Crippen LogP contribution in [0.15, 0.2) is 11.1 Å². The number of nitrogens with one attached hydrogen (secondary N) is 1. The van der Waals surface area contributed by atoms with Crippen molar-refractivity contribution >= 4 is 17.1 Å². The van der Waals surface area contributed by atoms with E-state index in [1.807, 2.05) is 6.92 Å². The molecule has 0 radical (unpaired) electrons. The molecule has 0 fully saturated rings. The van der Waals surface area contributed by atoms with Crippen LogP contribution in [0, 0.1) is 0 Å². The fraction of sp³-hybridized carbons (Fsp3) is 0.545. The van der Waals surface area contributed by atoms with Gasteiger partial charge in [0, 0.05) is 20.6 Å². The van der Waals surface area contributed by atoms with Gasteiger partial charge in [0.25, 0.3) is 5.56 Å². The predicted octanol–water partition coefficient (Wildman–Crippen LogP) is 0.272. The molecule has 8 nitrogen and oxygen atoms in total. The van der Waals surface area contributed by atoms with E-state index in [0.717, 1.165) is 0 Å². The molecule has 0 aliphatic carbocycles. The molecule has 0 aliphatic rings. The molecular formula is C11H17N5O3. The van der Waals surface area contributed by atoms with Crippen molar-refractivity contribution in [2.24, 2.45) is 0 Å². The first-order chi connectivity index (χ1) is 9.06. The Kier molecular flexibility index (Phi) is 3.82. The summed E-state index contributed by atoms with van der Waals surface area (Å²) in [6.45, 7) is 1.93. The molecule has 0 aromatic carbocycles. The van der Waals surface area contributed by atoms with Gasteiger partial charge >= 0.3 is 0 Å². The van der Waals surface area contributed by atoms with E-state index >= 15 is 0 Å². The molecule has 2 rings (SSSR count). The average Bonchev–Trinajstić information content (AvgIpc) is 2.79. The van der Waals surface area contributed by atoms with Crippen molar-refractivity contribution in [2.75, 3.05) is 20.0 Å². The largest absolute Gasteiger partial charge is 0.382 e. The number of rotatable bonds is 5. The summed E-state index contributed by atoms with van der Waals surface area (Å²) < 4.78 is 12.3. The van der Waals surface area contributed by atoms with Gasteiger partial charge in [-0.1, -0.05) is 0 Å². The normalized spacial score (nSPS) is 14.7. The van der Waals surface area contributed by atoms with Crippen LogP contribution in [0.25, 0.3) is 11.2 Å². The Morgan fingerprint density at radius 3 is 2.84 bits per heavy atom. The highest BCUT2D eigenvalue weighted by molar-refractivity contribution is 5.70. The lowest BCUT2D eigenvalue weighted by Gasteiger charge is -2.20. The monoisotopic (exact) mass is 267 g/mol. The summed E-state index contributed by atoms with van der Waals surface area (Å²) in [6, 6.07) is 0. The molecule has 8 heteroatoms. The van der Waals surface area contributed by atoms with Crippen molar-refractivity contribution < 1.29 is 9.47 Å². The van der Waals surface area contributed by atoms with E-state index in [0.29, 0.717) is 12.1 Å². The number of hydrogen-bond acceptors (Lipinski definition) is 6. The van der Waals surface area contributed by atoms with E-state index in [4.69, 9.17) is 15.2 Å². The van der Waals surface area contributed by atoms with Crippen molar-refractivity contribution in [1.29, 1.82) is 0 Å². The van der Waals surface area contributed by atoms with Gasteiger partial charge in [-0.05, 0) is 6.92 Å². The molecule has 0 saturated heterocycles. The second kappa shape index (κ2) is 5.37. The quantitative estimate of drug-likeness (QED) is 0.805. The summed E-state index contributed by atoms with van der Waals surface area (Å²) in [5.74, 6) is 0.0499. The van der Waals surface area contributed by atoms with Gasteiger partial charge in [0.2, 0.25) is 5.95 Å². The van der Waals surface area contributed by atoms with Crippen molar-refractivity contribution in [3.05, 3.63) is 16.7 Å². The lowest BCUT2D eigenvalue weighted by Crippen LogP contribution is -2.19. The molecule has 0 unspecified atom stereocenters. The summed E-state index contributed by atoms with van der Waals surface area (Å²) in [5, 5.41) is 0. The minimum Gasteiger partial charge on any atom is -0.382 e. The molecule has 2 heterocycles. The third kappa shape index (κ3) is 2.59. The van der Waals surface area contributed by atoms with E-state index in [1.54, 1.807) is 18.8 Å². The second-order valence-electron chi connectivity index (χ2n) is 4.25. The zero-order chi connectivity index (χ0) is 14.0. The first kappa shape index (κ1) is 13.5. The lowest BCUT2D eigenvalue weighted by atomic mass is 10.2. The molecule has 0 amide bonds. The van der Waals surface area contributed by atoms with Crippen LogP contribution >= 0.6 is 0 Å². The maximum Gasteiger partial charge on any atom is 0.280 e. The summed E-state index contributed by atoms with van der Waals surface area (Å²) >= 11 is 0. The number of methoxy groups -OCH3 is 2. The first-order valence-electron chi connectivity index (χ1n) is 5.84. The van der Waals surface area contributed by atoms with Gasteiger partial charge in [-0.3, -0.25) is 14.3 Å². The number of ether oxygens (including phenoxy) is 2. The number of imidazole rings is 1. The Morgan fingerprint density at radius 1 is 1.47 bits per heavy atom. The fourth-order valence-corrected chi connectivity index (χ4v) is 1.86. The highest BCUT2D eigenvalue weighted by atomic mass is 16.5. The number of anilines is 1. The van der Waals surface area contributed by atoms with Gasteiger partial charge in [0.05, 0.1) is 12.4 Å². The molecule has 2 aromatic heterocycles. The molecule has 19 heavy (non-hydrogen) atoms. The second-order valence-corrected chi connectivity index (χ2v) is 4.25. The molecule has 0 aliphatic heterocycles. The smallest absolute Gasteiger partial charge is 0.280 e. The number of H-pyrrole nitrogens is 1. The highest BCUT2D eigenvalue weighted by Crippen LogP contribution is 2.20. The van der Waals surface area contributed by atoms with Crippen molar-refractivity contribution in [3.8, 4) is 0 Å². The van der Waals surface area contributed by atoms with Crippen LogP contribution in [0.4, 0.5) is 5.95 Å². The number of aromatic nitrogens is 4. The van der Waals surface area contributed by atoms with E-state index in [9.17, 15) is 4.79 Å². The predicted molar refractivity (Wildman–Crippen MR) is 69.7 cm³/mol. The zero-order valence-electron chi connectivity index (χ0n) is 11.1. The Labute approximate surface area is 109 Å². The van der Waals surface area contributed by atoms with Crippen LogP contribution in [0.1, 0.15) is 19.6 Å². The van der Waals surface area contributed by atoms with Crippen LogP contribution in [0.2, 0.25) is 0 Å². The topological polar surface area (TPSA) is 108 Å². The minimum atomic E-state index is -0.365. The third-order valence-corrected chi connectivity index (χ3v) is 2.97. The zero-order valence-corrected chi connectivity index (χ0v) is 11.1. The van der Waals surface area contributed by atoms with Crippen LogP contribution in [-0.2, 0) is 9.47 Å². The molecule has 104 valence electrons. The van der Waals surface area contributed by atoms with E-state index in [-0.39, 0.29) is 29.4 Å².